The van der Waals surface area contributed by atoms with Crippen LogP contribution < -0.4 is 5.01 Å². The van der Waals surface area contributed by atoms with Crippen LogP contribution in [0.25, 0.3) is 11.1 Å². The Morgan fingerprint density at radius 3 is 2.00 bits per heavy atom. The first-order valence-electron chi connectivity index (χ1n) is 8.79. The summed E-state index contributed by atoms with van der Waals surface area (Å²) in [5.74, 6) is -1.40. The highest BCUT2D eigenvalue weighted by Crippen LogP contribution is 2.27. The zero-order chi connectivity index (χ0) is 18.8. The predicted molar refractivity (Wildman–Crippen MR) is 107 cm³/mol. The molecule has 1 heterocycles. The zero-order valence-corrected chi connectivity index (χ0v) is 14.9. The molecule has 0 N–H and O–H groups in total. The van der Waals surface area contributed by atoms with E-state index in [0.29, 0.717) is 17.0 Å². The molecule has 1 aliphatic rings. The van der Waals surface area contributed by atoms with Crippen LogP contribution in [-0.2, 0) is 4.79 Å². The Hall–Kier alpha value is -3.53. The molecule has 0 unspecified atom stereocenters. The number of carbonyl (C=O) groups is 2. The minimum Gasteiger partial charge on any atom is -0.293 e. The van der Waals surface area contributed by atoms with Crippen molar-refractivity contribution in [1.82, 2.24) is 0 Å². The van der Waals surface area contributed by atoms with E-state index >= 15 is 0 Å². The zero-order valence-electron chi connectivity index (χ0n) is 14.9. The lowest BCUT2D eigenvalue weighted by molar-refractivity contribution is -0.118. The third-order valence-electron chi connectivity index (χ3n) is 4.67. The quantitative estimate of drug-likeness (QED) is 0.509. The van der Waals surface area contributed by atoms with Crippen LogP contribution in [0.3, 0.4) is 0 Å². The van der Waals surface area contributed by atoms with Crippen LogP contribution in [0.5, 0.6) is 0 Å². The van der Waals surface area contributed by atoms with Gasteiger partial charge in [0, 0.05) is 5.56 Å². The second kappa shape index (κ2) is 7.00. The van der Waals surface area contributed by atoms with Crippen molar-refractivity contribution in [3.05, 3.63) is 90.5 Å². The molecule has 0 fully saturated rings. The Kier molecular flexibility index (Phi) is 4.38. The number of nitrogens with zero attached hydrogens (tertiary/aromatic N) is 2. The molecule has 3 aromatic carbocycles. The Bertz CT molecular complexity index is 1010. The number of hydrogen-bond donors (Lipinski definition) is 0. The van der Waals surface area contributed by atoms with Crippen LogP contribution >= 0.6 is 0 Å². The molecule has 0 aliphatic carbocycles. The van der Waals surface area contributed by atoms with Gasteiger partial charge in [-0.05, 0) is 30.2 Å². The molecule has 1 amide bonds. The van der Waals surface area contributed by atoms with E-state index < -0.39 is 5.92 Å². The Morgan fingerprint density at radius 1 is 0.815 bits per heavy atom. The molecule has 132 valence electrons. The lowest BCUT2D eigenvalue weighted by atomic mass is 9.92. The van der Waals surface area contributed by atoms with E-state index in [4.69, 9.17) is 0 Å². The van der Waals surface area contributed by atoms with Gasteiger partial charge in [-0.3, -0.25) is 9.59 Å². The summed E-state index contributed by atoms with van der Waals surface area (Å²) in [7, 11) is 0. The molecule has 4 nitrogen and oxygen atoms in total. The molecule has 0 aromatic heterocycles. The van der Waals surface area contributed by atoms with Crippen molar-refractivity contribution in [1.29, 1.82) is 0 Å². The first-order chi connectivity index (χ1) is 13.1. The number of benzene rings is 3. The molecule has 1 aliphatic heterocycles. The van der Waals surface area contributed by atoms with Crippen molar-refractivity contribution in [2.75, 3.05) is 5.01 Å². The highest BCUT2D eigenvalue weighted by Gasteiger charge is 2.39. The summed E-state index contributed by atoms with van der Waals surface area (Å²) in [5, 5.41) is 5.63. The van der Waals surface area contributed by atoms with Gasteiger partial charge in [0.25, 0.3) is 5.91 Å². The fourth-order valence-electron chi connectivity index (χ4n) is 3.25. The summed E-state index contributed by atoms with van der Waals surface area (Å²) < 4.78 is 0. The van der Waals surface area contributed by atoms with Crippen molar-refractivity contribution < 1.29 is 9.59 Å². The van der Waals surface area contributed by atoms with E-state index in [0.717, 1.165) is 11.1 Å². The van der Waals surface area contributed by atoms with E-state index in [1.54, 1.807) is 31.2 Å². The number of hydrogen-bond acceptors (Lipinski definition) is 3. The van der Waals surface area contributed by atoms with Crippen molar-refractivity contribution in [2.45, 2.75) is 6.92 Å². The molecule has 0 radical (unpaired) electrons. The molecule has 0 spiro atoms. The van der Waals surface area contributed by atoms with Crippen molar-refractivity contribution in [3.8, 4) is 11.1 Å². The highest BCUT2D eigenvalue weighted by molar-refractivity contribution is 6.30. The normalized spacial score (nSPS) is 16.3. The van der Waals surface area contributed by atoms with Crippen LogP contribution in [0.1, 0.15) is 17.3 Å². The molecule has 27 heavy (non-hydrogen) atoms. The number of carbonyl (C=O) groups excluding carboxylic acids is 2. The van der Waals surface area contributed by atoms with Gasteiger partial charge in [-0.1, -0.05) is 72.8 Å². The topological polar surface area (TPSA) is 49.7 Å². The molecule has 1 atom stereocenters. The van der Waals surface area contributed by atoms with Gasteiger partial charge < -0.3 is 0 Å². The Morgan fingerprint density at radius 2 is 1.37 bits per heavy atom. The van der Waals surface area contributed by atoms with Crippen LogP contribution in [0.4, 0.5) is 5.69 Å². The van der Waals surface area contributed by atoms with E-state index in [1.165, 1.54) is 5.01 Å². The largest absolute Gasteiger partial charge is 0.293 e. The molecule has 4 rings (SSSR count). The van der Waals surface area contributed by atoms with Gasteiger partial charge in [0.05, 0.1) is 11.4 Å². The van der Waals surface area contributed by atoms with Crippen molar-refractivity contribution in [2.24, 2.45) is 11.0 Å². The van der Waals surface area contributed by atoms with Crippen molar-refractivity contribution in [3.63, 3.8) is 0 Å². The smallest absolute Gasteiger partial charge is 0.264 e. The van der Waals surface area contributed by atoms with Crippen LogP contribution in [-0.4, -0.2) is 17.4 Å². The number of Topliss-reactive ketones (excluding diaryl/α,β-unsaturated/α-hetero) is 1. The second-order valence-corrected chi connectivity index (χ2v) is 6.47. The summed E-state index contributed by atoms with van der Waals surface area (Å²) >= 11 is 0. The number of anilines is 1. The SMILES string of the molecule is CC1=NN(c2ccccc2)C(=O)[C@@H]1C(=O)c1ccc(-c2ccccc2)cc1. The Balaban J connectivity index is 1.58. The molecule has 0 saturated carbocycles. The standard InChI is InChI=1S/C23H18N2O2/c1-16-21(23(27)25(24-16)20-10-6-3-7-11-20)22(26)19-14-12-18(13-15-19)17-8-4-2-5-9-17/h2-15,21H,1H3/t21-/m0/s1. The van der Waals surface area contributed by atoms with Crippen LogP contribution in [0.15, 0.2) is 90.0 Å². The predicted octanol–water partition coefficient (Wildman–Crippen LogP) is 4.58. The number of ketones is 1. The lowest BCUT2D eigenvalue weighted by Gasteiger charge is -2.14. The fourth-order valence-corrected chi connectivity index (χ4v) is 3.25. The average molecular weight is 354 g/mol. The third kappa shape index (κ3) is 3.17. The Labute approximate surface area is 157 Å². The highest BCUT2D eigenvalue weighted by atomic mass is 16.2. The summed E-state index contributed by atoms with van der Waals surface area (Å²) in [6, 6.07) is 26.5. The van der Waals surface area contributed by atoms with E-state index in [9.17, 15) is 9.59 Å². The molecule has 3 aromatic rings. The maximum absolute atomic E-state index is 13.0. The van der Waals surface area contributed by atoms with E-state index in [1.807, 2.05) is 60.7 Å². The molecule has 4 heteroatoms. The summed E-state index contributed by atoms with van der Waals surface area (Å²) in [6.07, 6.45) is 0. The van der Waals surface area contributed by atoms with Crippen molar-refractivity contribution >= 4 is 23.1 Å². The minimum atomic E-state index is -0.868. The monoisotopic (exact) mass is 354 g/mol. The average Bonchev–Trinajstić information content (AvgIpc) is 3.03. The van der Waals surface area contributed by atoms with Gasteiger partial charge in [0.15, 0.2) is 5.78 Å². The summed E-state index contributed by atoms with van der Waals surface area (Å²) in [6.45, 7) is 1.72. The maximum Gasteiger partial charge on any atom is 0.264 e. The van der Waals surface area contributed by atoms with Gasteiger partial charge in [-0.2, -0.15) is 10.1 Å². The second-order valence-electron chi connectivity index (χ2n) is 6.47. The molecular weight excluding hydrogens is 336 g/mol. The number of amides is 1. The first kappa shape index (κ1) is 16.9. The minimum absolute atomic E-state index is 0.223. The third-order valence-corrected chi connectivity index (χ3v) is 4.67. The van der Waals surface area contributed by atoms with Crippen LogP contribution in [0, 0.1) is 5.92 Å². The molecular formula is C23H18N2O2. The number of hydrazone groups is 1. The van der Waals surface area contributed by atoms with Gasteiger partial charge in [-0.25, -0.2) is 0 Å². The first-order valence-corrected chi connectivity index (χ1v) is 8.79. The number of para-hydroxylation sites is 1. The fraction of sp³-hybridized carbons (Fsp3) is 0.0870. The van der Waals surface area contributed by atoms with Gasteiger partial charge in [0.1, 0.15) is 5.92 Å². The lowest BCUT2D eigenvalue weighted by Crippen LogP contribution is -2.32. The van der Waals surface area contributed by atoms with Gasteiger partial charge in [0.2, 0.25) is 0 Å². The van der Waals surface area contributed by atoms with E-state index in [-0.39, 0.29) is 11.7 Å². The maximum atomic E-state index is 13.0. The van der Waals surface area contributed by atoms with Crippen LogP contribution in [0.2, 0.25) is 0 Å². The molecule has 0 saturated heterocycles. The summed E-state index contributed by atoms with van der Waals surface area (Å²) in [4.78, 5) is 25.8. The van der Waals surface area contributed by atoms with Gasteiger partial charge >= 0.3 is 0 Å². The summed E-state index contributed by atoms with van der Waals surface area (Å²) in [5.41, 5.74) is 3.80. The van der Waals surface area contributed by atoms with E-state index in [2.05, 4.69) is 5.10 Å². The molecule has 0 bridgehead atoms. The number of rotatable bonds is 4. The van der Waals surface area contributed by atoms with Gasteiger partial charge in [-0.15, -0.1) is 0 Å².